The number of aryl methyl sites for hydroxylation is 1. The van der Waals surface area contributed by atoms with Crippen molar-refractivity contribution in [1.29, 1.82) is 0 Å². The van der Waals surface area contributed by atoms with Crippen LogP contribution in [0.5, 0.6) is 0 Å². The van der Waals surface area contributed by atoms with Crippen molar-refractivity contribution in [2.75, 3.05) is 24.4 Å². The first-order chi connectivity index (χ1) is 24.3. The minimum Gasteiger partial charge on any atom is -0.546 e. The molecule has 0 saturated heterocycles. The smallest absolute Gasteiger partial charge is 0.315 e. The summed E-state index contributed by atoms with van der Waals surface area (Å²) < 4.78 is 28.0. The molecule has 0 amide bonds. The van der Waals surface area contributed by atoms with E-state index >= 15 is 0 Å². The van der Waals surface area contributed by atoms with Gasteiger partial charge in [0.05, 0.1) is 36.1 Å². The molecule has 5 nitrogen and oxygen atoms in total. The number of methoxy groups -OCH3 is 1. The number of rotatable bonds is 18. The Hall–Kier alpha value is -0.799. The van der Waals surface area contributed by atoms with Gasteiger partial charge in [0, 0.05) is 15.5 Å². The molecule has 1 unspecified atom stereocenters. The molecule has 0 bridgehead atoms. The largest absolute Gasteiger partial charge is 0.546 e. The fourth-order valence-electron chi connectivity index (χ4n) is 5.34. The van der Waals surface area contributed by atoms with Crippen LogP contribution >= 0.6 is 34.9 Å². The summed E-state index contributed by atoms with van der Waals surface area (Å²) in [5.74, 6) is 3.34. The topological polar surface area (TPSA) is 54.0 Å². The molecule has 0 fully saturated rings. The van der Waals surface area contributed by atoms with Gasteiger partial charge < -0.3 is 18.0 Å². The van der Waals surface area contributed by atoms with Crippen LogP contribution in [0.4, 0.5) is 0 Å². The maximum Gasteiger partial charge on any atom is 0.315 e. The molecule has 0 saturated carbocycles. The Labute approximate surface area is 339 Å². The highest BCUT2D eigenvalue weighted by Gasteiger charge is 2.48. The summed E-state index contributed by atoms with van der Waals surface area (Å²) >= 11 is 5.54. The van der Waals surface area contributed by atoms with Gasteiger partial charge in [0.2, 0.25) is 8.32 Å². The van der Waals surface area contributed by atoms with Gasteiger partial charge >= 0.3 is 5.97 Å². The quantitative estimate of drug-likeness (QED) is 0.0641. The highest BCUT2D eigenvalue weighted by molar-refractivity contribution is 8.00. The molecule has 1 aliphatic rings. The van der Waals surface area contributed by atoms with Crippen molar-refractivity contribution in [2.24, 2.45) is 5.92 Å². The summed E-state index contributed by atoms with van der Waals surface area (Å²) in [6, 6.07) is 11.1. The Morgan fingerprint density at radius 3 is 2.09 bits per heavy atom. The van der Waals surface area contributed by atoms with Gasteiger partial charge in [-0.15, -0.1) is 23.1 Å². The van der Waals surface area contributed by atoms with E-state index in [0.29, 0.717) is 5.75 Å². The van der Waals surface area contributed by atoms with Crippen LogP contribution < -0.4 is 0 Å². The summed E-state index contributed by atoms with van der Waals surface area (Å²) in [6.07, 6.45) is 10.0. The van der Waals surface area contributed by atoms with Crippen LogP contribution in [0.1, 0.15) is 80.0 Å². The zero-order valence-electron chi connectivity index (χ0n) is 35.9. The van der Waals surface area contributed by atoms with Gasteiger partial charge in [-0.05, 0) is 109 Å². The second-order valence-electron chi connectivity index (χ2n) is 19.2. The standard InChI is InChI=1S/C42H72O5S3Si3/c1-40(2,3)51(11,12)45-32(22-24-33-28-31-20-17-18-21-37(31)50-33)23-25-34-35(46-52(13,14)41(4,5)6)29-36(47-53(15,16)42(7,8)9)39(34)49-27-19-26-48-30-38(43)44-10/h17-18,20-21,23,25,28-29,32,34-35,39H,19,22,24,26-27,30H2,1-16H3/t32?,34-,35+,39+/m0/s1. The Morgan fingerprint density at radius 2 is 1.51 bits per heavy atom. The van der Waals surface area contributed by atoms with Gasteiger partial charge in [-0.2, -0.15) is 11.8 Å². The van der Waals surface area contributed by atoms with Crippen molar-refractivity contribution in [1.82, 2.24) is 0 Å². The van der Waals surface area contributed by atoms with E-state index in [4.69, 9.17) is 18.0 Å². The molecule has 53 heavy (non-hydrogen) atoms. The second kappa shape index (κ2) is 18.6. The van der Waals surface area contributed by atoms with Crippen LogP contribution in [0.3, 0.4) is 0 Å². The monoisotopic (exact) mass is 836 g/mol. The molecule has 1 aromatic heterocycles. The molecule has 4 atom stereocenters. The number of ether oxygens (including phenoxy) is 1. The van der Waals surface area contributed by atoms with E-state index in [1.807, 2.05) is 23.1 Å². The van der Waals surface area contributed by atoms with Gasteiger partial charge in [-0.25, -0.2) is 0 Å². The zero-order valence-corrected chi connectivity index (χ0v) is 41.4. The molecule has 1 aliphatic carbocycles. The summed E-state index contributed by atoms with van der Waals surface area (Å²) in [5.41, 5.74) is 0. The number of benzene rings is 1. The van der Waals surface area contributed by atoms with Gasteiger partial charge in [0.1, 0.15) is 0 Å². The predicted molar refractivity (Wildman–Crippen MR) is 243 cm³/mol. The van der Waals surface area contributed by atoms with E-state index in [-0.39, 0.29) is 44.5 Å². The number of hydrogen-bond donors (Lipinski definition) is 0. The van der Waals surface area contributed by atoms with E-state index in [1.165, 1.54) is 22.1 Å². The van der Waals surface area contributed by atoms with Crippen molar-refractivity contribution in [3.8, 4) is 0 Å². The Balaban J connectivity index is 2.01. The van der Waals surface area contributed by atoms with E-state index in [1.54, 1.807) is 11.8 Å². The van der Waals surface area contributed by atoms with Gasteiger partial charge in [0.15, 0.2) is 16.6 Å². The van der Waals surface area contributed by atoms with Crippen molar-refractivity contribution in [2.45, 2.75) is 153 Å². The summed E-state index contributed by atoms with van der Waals surface area (Å²) in [4.78, 5) is 13.1. The van der Waals surface area contributed by atoms with Crippen LogP contribution in [0, 0.1) is 5.92 Å². The normalized spacial score (nSPS) is 19.9. The summed E-state index contributed by atoms with van der Waals surface area (Å²) in [6.45, 7) is 35.1. The molecule has 0 aliphatic heterocycles. The van der Waals surface area contributed by atoms with Crippen molar-refractivity contribution < 1.29 is 22.8 Å². The molecule has 1 aromatic carbocycles. The number of hydrogen-bond acceptors (Lipinski definition) is 8. The average Bonchev–Trinajstić information content (AvgIpc) is 3.57. The second-order valence-corrected chi connectivity index (χ2v) is 37.0. The lowest BCUT2D eigenvalue weighted by atomic mass is 10.0. The molecule has 2 aromatic rings. The van der Waals surface area contributed by atoms with Gasteiger partial charge in [-0.3, -0.25) is 4.79 Å². The number of thioether (sulfide) groups is 2. The maximum atomic E-state index is 11.7. The Morgan fingerprint density at radius 1 is 0.887 bits per heavy atom. The highest BCUT2D eigenvalue weighted by Crippen LogP contribution is 2.47. The average molecular weight is 837 g/mol. The molecule has 0 N–H and O–H groups in total. The van der Waals surface area contributed by atoms with Gasteiger partial charge in [-0.1, -0.05) is 92.7 Å². The molecule has 0 radical (unpaired) electrons. The van der Waals surface area contributed by atoms with Gasteiger partial charge in [0.25, 0.3) is 0 Å². The molecule has 0 spiro atoms. The van der Waals surface area contributed by atoms with E-state index in [2.05, 4.69) is 150 Å². The minimum atomic E-state index is -2.13. The number of carbonyl (C=O) groups excluding carboxylic acids is 1. The number of carbonyl (C=O) groups is 1. The zero-order chi connectivity index (χ0) is 40.0. The third-order valence-electron chi connectivity index (χ3n) is 11.9. The SMILES string of the molecule is COC(=O)CSCCCS[C@H]1C(O[Si](C)(C)C(C)(C)C)=C[C@@H](O[Si](C)(C)C(C)(C)C)[C@@H]1C=CC(CCc1cc2ccccc2s1)O[Si](C)(C)C(C)(C)C. The molecule has 11 heteroatoms. The summed E-state index contributed by atoms with van der Waals surface area (Å²) in [5, 5.41) is 1.72. The Kier molecular flexibility index (Phi) is 16.4. The van der Waals surface area contributed by atoms with Crippen molar-refractivity contribution in [3.63, 3.8) is 0 Å². The predicted octanol–water partition coefficient (Wildman–Crippen LogP) is 13.1. The summed E-state index contributed by atoms with van der Waals surface area (Å²) in [7, 11) is -4.87. The number of esters is 1. The number of fused-ring (bicyclic) bond motifs is 1. The fraction of sp³-hybridized carbons (Fsp3) is 0.690. The maximum absolute atomic E-state index is 11.7. The van der Waals surface area contributed by atoms with Crippen LogP contribution in [0.15, 0.2) is 54.3 Å². The molecule has 300 valence electrons. The first-order valence-electron chi connectivity index (χ1n) is 19.5. The van der Waals surface area contributed by atoms with Crippen molar-refractivity contribution in [3.05, 3.63) is 59.2 Å². The van der Waals surface area contributed by atoms with Crippen LogP contribution in [-0.4, -0.2) is 72.7 Å². The van der Waals surface area contributed by atoms with Crippen molar-refractivity contribution >= 4 is 75.9 Å². The minimum absolute atomic E-state index is 0.000330. The number of thiophene rings is 1. The van der Waals surface area contributed by atoms with E-state index in [0.717, 1.165) is 36.5 Å². The lowest BCUT2D eigenvalue weighted by Gasteiger charge is -2.40. The third-order valence-corrected chi connectivity index (χ3v) is 28.8. The highest BCUT2D eigenvalue weighted by atomic mass is 32.2. The van der Waals surface area contributed by atoms with Crippen LogP contribution in [-0.2, 0) is 29.2 Å². The lowest BCUT2D eigenvalue weighted by molar-refractivity contribution is -0.137. The fourth-order valence-corrected chi connectivity index (χ4v) is 12.4. The lowest BCUT2D eigenvalue weighted by Crippen LogP contribution is -2.45. The molecular formula is C42H72O5S3Si3. The third kappa shape index (κ3) is 13.1. The molecule has 1 heterocycles. The molecular weight excluding hydrogens is 765 g/mol. The molecule has 3 rings (SSSR count). The van der Waals surface area contributed by atoms with E-state index < -0.39 is 25.0 Å². The first-order valence-corrected chi connectivity index (χ1v) is 31.2. The Bertz CT molecular complexity index is 1510. The van der Waals surface area contributed by atoms with E-state index in [9.17, 15) is 4.79 Å². The first kappa shape index (κ1) is 46.6. The van der Waals surface area contributed by atoms with Crippen LogP contribution in [0.25, 0.3) is 10.1 Å². The van der Waals surface area contributed by atoms with Crippen LogP contribution in [0.2, 0.25) is 54.4 Å².